The molecule has 0 saturated carbocycles. The third kappa shape index (κ3) is 5.19. The van der Waals surface area contributed by atoms with Gasteiger partial charge in [0.15, 0.2) is 0 Å². The molecule has 33 heavy (non-hydrogen) atoms. The van der Waals surface area contributed by atoms with Crippen molar-refractivity contribution in [2.75, 3.05) is 30.6 Å². The van der Waals surface area contributed by atoms with Gasteiger partial charge in [-0.3, -0.25) is 4.79 Å². The van der Waals surface area contributed by atoms with Crippen molar-refractivity contribution in [1.29, 1.82) is 0 Å². The number of hydrogen-bond donors (Lipinski definition) is 3. The van der Waals surface area contributed by atoms with E-state index in [1.54, 1.807) is 38.5 Å². The molecule has 0 aliphatic heterocycles. The van der Waals surface area contributed by atoms with Crippen LogP contribution in [0.25, 0.3) is 11.3 Å². The monoisotopic (exact) mass is 441 g/mol. The van der Waals surface area contributed by atoms with E-state index in [0.29, 0.717) is 39.9 Å². The Morgan fingerprint density at radius 1 is 0.848 bits per heavy atom. The molecule has 1 heterocycles. The normalized spacial score (nSPS) is 10.4. The highest BCUT2D eigenvalue weighted by molar-refractivity contribution is 6.04. The Labute approximate surface area is 191 Å². The number of nitrogen functional groups attached to an aromatic ring is 1. The van der Waals surface area contributed by atoms with Gasteiger partial charge >= 0.3 is 0 Å². The number of hydrogen-bond acceptors (Lipinski definition) is 7. The van der Waals surface area contributed by atoms with Crippen molar-refractivity contribution in [2.45, 2.75) is 0 Å². The smallest absolute Gasteiger partial charge is 0.255 e. The van der Waals surface area contributed by atoms with Crippen LogP contribution in [0.2, 0.25) is 0 Å². The summed E-state index contributed by atoms with van der Waals surface area (Å²) in [6.07, 6.45) is 1.49. The number of anilines is 4. The van der Waals surface area contributed by atoms with Crippen LogP contribution >= 0.6 is 0 Å². The first-order chi connectivity index (χ1) is 16.1. The standard InChI is InChI=1S/C25H23N5O3/c1-32-20-11-12-21(23(13-20)33-2)22-14-24(28-15-27-22)29-18-7-9-19(10-8-18)30-25(31)16-3-5-17(26)6-4-16/h3-15H,26H2,1-2H3,(H,30,31)(H,27,28,29). The van der Waals surface area contributed by atoms with Gasteiger partial charge in [0.25, 0.3) is 5.91 Å². The van der Waals surface area contributed by atoms with Crippen LogP contribution in [0.15, 0.2) is 79.1 Å². The summed E-state index contributed by atoms with van der Waals surface area (Å²) in [5.41, 5.74) is 9.83. The minimum Gasteiger partial charge on any atom is -0.497 e. The fourth-order valence-corrected chi connectivity index (χ4v) is 3.21. The first-order valence-electron chi connectivity index (χ1n) is 10.1. The van der Waals surface area contributed by atoms with Crippen molar-refractivity contribution >= 4 is 28.8 Å². The second kappa shape index (κ2) is 9.69. The van der Waals surface area contributed by atoms with Crippen LogP contribution in [0.1, 0.15) is 10.4 Å². The van der Waals surface area contributed by atoms with E-state index >= 15 is 0 Å². The van der Waals surface area contributed by atoms with Crippen LogP contribution in [-0.4, -0.2) is 30.1 Å². The van der Waals surface area contributed by atoms with Crippen LogP contribution in [0.4, 0.5) is 22.9 Å². The number of benzene rings is 3. The molecule has 8 heteroatoms. The Balaban J connectivity index is 1.47. The van der Waals surface area contributed by atoms with E-state index in [1.807, 2.05) is 48.5 Å². The lowest BCUT2D eigenvalue weighted by Crippen LogP contribution is -2.11. The molecule has 166 valence electrons. The Bertz CT molecular complexity index is 1260. The molecular formula is C25H23N5O3. The van der Waals surface area contributed by atoms with Crippen LogP contribution < -0.4 is 25.8 Å². The number of carbonyl (C=O) groups excluding carboxylic acids is 1. The minimum absolute atomic E-state index is 0.204. The number of aromatic nitrogens is 2. The van der Waals surface area contributed by atoms with E-state index < -0.39 is 0 Å². The summed E-state index contributed by atoms with van der Waals surface area (Å²) in [4.78, 5) is 21.0. The van der Waals surface area contributed by atoms with Crippen molar-refractivity contribution in [3.63, 3.8) is 0 Å². The molecule has 0 aliphatic rings. The minimum atomic E-state index is -0.204. The number of methoxy groups -OCH3 is 2. The zero-order valence-corrected chi connectivity index (χ0v) is 18.2. The molecule has 3 aromatic carbocycles. The predicted molar refractivity (Wildman–Crippen MR) is 129 cm³/mol. The van der Waals surface area contributed by atoms with E-state index in [4.69, 9.17) is 15.2 Å². The van der Waals surface area contributed by atoms with Gasteiger partial charge in [-0.2, -0.15) is 0 Å². The lowest BCUT2D eigenvalue weighted by Gasteiger charge is -2.12. The predicted octanol–water partition coefficient (Wildman–Crippen LogP) is 4.74. The summed E-state index contributed by atoms with van der Waals surface area (Å²) < 4.78 is 10.7. The zero-order chi connectivity index (χ0) is 23.2. The molecule has 0 atom stereocenters. The fourth-order valence-electron chi connectivity index (χ4n) is 3.21. The summed E-state index contributed by atoms with van der Waals surface area (Å²) >= 11 is 0. The molecule has 0 aliphatic carbocycles. The Morgan fingerprint density at radius 2 is 1.58 bits per heavy atom. The van der Waals surface area contributed by atoms with Crippen LogP contribution in [-0.2, 0) is 0 Å². The third-order valence-electron chi connectivity index (χ3n) is 4.94. The highest BCUT2D eigenvalue weighted by atomic mass is 16.5. The summed E-state index contributed by atoms with van der Waals surface area (Å²) in [7, 11) is 3.21. The van der Waals surface area contributed by atoms with E-state index in [2.05, 4.69) is 20.6 Å². The lowest BCUT2D eigenvalue weighted by molar-refractivity contribution is 0.102. The molecule has 8 nitrogen and oxygen atoms in total. The van der Waals surface area contributed by atoms with Gasteiger partial charge in [0, 0.05) is 40.3 Å². The van der Waals surface area contributed by atoms with Gasteiger partial charge in [0.1, 0.15) is 23.6 Å². The maximum atomic E-state index is 12.4. The lowest BCUT2D eigenvalue weighted by atomic mass is 10.1. The number of rotatable bonds is 7. The number of nitrogens with zero attached hydrogens (tertiary/aromatic N) is 2. The van der Waals surface area contributed by atoms with Gasteiger partial charge in [0.05, 0.1) is 19.9 Å². The average Bonchev–Trinajstić information content (AvgIpc) is 2.85. The summed E-state index contributed by atoms with van der Waals surface area (Å²) in [6.45, 7) is 0. The zero-order valence-electron chi connectivity index (χ0n) is 18.2. The maximum absolute atomic E-state index is 12.4. The van der Waals surface area contributed by atoms with Gasteiger partial charge in [-0.25, -0.2) is 9.97 Å². The second-order valence-corrected chi connectivity index (χ2v) is 7.13. The Hall–Kier alpha value is -4.59. The SMILES string of the molecule is COc1ccc(-c2cc(Nc3ccc(NC(=O)c4ccc(N)cc4)cc3)ncn2)c(OC)c1. The molecule has 4 N–H and O–H groups in total. The second-order valence-electron chi connectivity index (χ2n) is 7.13. The van der Waals surface area contributed by atoms with E-state index in [-0.39, 0.29) is 5.91 Å². The molecule has 0 unspecified atom stereocenters. The van der Waals surface area contributed by atoms with Crippen LogP contribution in [0, 0.1) is 0 Å². The summed E-state index contributed by atoms with van der Waals surface area (Å²) in [5, 5.41) is 6.11. The molecular weight excluding hydrogens is 418 g/mol. The van der Waals surface area contributed by atoms with Crippen LogP contribution in [0.5, 0.6) is 11.5 Å². The molecule has 0 fully saturated rings. The molecule has 0 spiro atoms. The number of nitrogens with one attached hydrogen (secondary N) is 2. The molecule has 0 saturated heterocycles. The van der Waals surface area contributed by atoms with E-state index in [9.17, 15) is 4.79 Å². The molecule has 1 amide bonds. The fraction of sp³-hybridized carbons (Fsp3) is 0.0800. The van der Waals surface area contributed by atoms with Crippen molar-refractivity contribution < 1.29 is 14.3 Å². The van der Waals surface area contributed by atoms with Crippen molar-refractivity contribution in [3.8, 4) is 22.8 Å². The van der Waals surface area contributed by atoms with Crippen molar-refractivity contribution in [1.82, 2.24) is 9.97 Å². The highest BCUT2D eigenvalue weighted by Crippen LogP contribution is 2.33. The Kier molecular flexibility index (Phi) is 6.36. The first kappa shape index (κ1) is 21.6. The third-order valence-corrected chi connectivity index (χ3v) is 4.94. The van der Waals surface area contributed by atoms with Crippen molar-refractivity contribution in [2.24, 2.45) is 0 Å². The number of carbonyl (C=O) groups is 1. The molecule has 4 rings (SSSR count). The molecule has 0 bridgehead atoms. The van der Waals surface area contributed by atoms with Gasteiger partial charge in [-0.05, 0) is 60.7 Å². The quantitative estimate of drug-likeness (QED) is 0.355. The van der Waals surface area contributed by atoms with Gasteiger partial charge in [-0.15, -0.1) is 0 Å². The highest BCUT2D eigenvalue weighted by Gasteiger charge is 2.11. The van der Waals surface area contributed by atoms with Gasteiger partial charge < -0.3 is 25.8 Å². The molecule has 1 aromatic heterocycles. The summed E-state index contributed by atoms with van der Waals surface area (Å²) in [6, 6.07) is 21.5. The van der Waals surface area contributed by atoms with E-state index in [0.717, 1.165) is 11.3 Å². The van der Waals surface area contributed by atoms with Gasteiger partial charge in [-0.1, -0.05) is 0 Å². The summed E-state index contributed by atoms with van der Waals surface area (Å²) in [5.74, 6) is 1.77. The topological polar surface area (TPSA) is 111 Å². The molecule has 0 radical (unpaired) electrons. The number of ether oxygens (including phenoxy) is 2. The number of amides is 1. The average molecular weight is 441 g/mol. The van der Waals surface area contributed by atoms with Gasteiger partial charge in [0.2, 0.25) is 0 Å². The maximum Gasteiger partial charge on any atom is 0.255 e. The first-order valence-corrected chi connectivity index (χ1v) is 10.1. The number of nitrogens with two attached hydrogens (primary N) is 1. The molecule has 4 aromatic rings. The van der Waals surface area contributed by atoms with Crippen LogP contribution in [0.3, 0.4) is 0 Å². The van der Waals surface area contributed by atoms with E-state index in [1.165, 1.54) is 6.33 Å². The largest absolute Gasteiger partial charge is 0.497 e. The Morgan fingerprint density at radius 3 is 2.27 bits per heavy atom. The van der Waals surface area contributed by atoms with Crippen molar-refractivity contribution in [3.05, 3.63) is 84.7 Å².